The van der Waals surface area contributed by atoms with Crippen molar-refractivity contribution in [1.82, 2.24) is 5.32 Å². The first kappa shape index (κ1) is 16.6. The maximum atomic E-state index is 12.8. The number of fused-ring (bicyclic) bond motifs is 3. The smallest absolute Gasteiger partial charge is 0.309 e. The van der Waals surface area contributed by atoms with E-state index in [1.165, 1.54) is 5.57 Å². The van der Waals surface area contributed by atoms with Crippen LogP contribution in [0.25, 0.3) is 0 Å². The van der Waals surface area contributed by atoms with Crippen LogP contribution in [0.3, 0.4) is 0 Å². The number of methoxy groups -OCH3 is 1. The summed E-state index contributed by atoms with van der Waals surface area (Å²) in [5.41, 5.74) is 0.904. The van der Waals surface area contributed by atoms with Crippen LogP contribution in [0.4, 0.5) is 0 Å². The van der Waals surface area contributed by atoms with Gasteiger partial charge in [-0.2, -0.15) is 0 Å². The van der Waals surface area contributed by atoms with Gasteiger partial charge in [-0.15, -0.1) is 0 Å². The predicted molar refractivity (Wildman–Crippen MR) is 89.7 cm³/mol. The number of rotatable bonds is 2. The lowest BCUT2D eigenvalue weighted by Crippen LogP contribution is -2.54. The van der Waals surface area contributed by atoms with Crippen LogP contribution in [0.2, 0.25) is 0 Å². The molecule has 0 radical (unpaired) electrons. The summed E-state index contributed by atoms with van der Waals surface area (Å²) in [6, 6.07) is 0.416. The van der Waals surface area contributed by atoms with Crippen molar-refractivity contribution in [2.45, 2.75) is 58.1 Å². The van der Waals surface area contributed by atoms with Gasteiger partial charge in [0.05, 0.1) is 13.0 Å². The van der Waals surface area contributed by atoms with Gasteiger partial charge in [-0.25, -0.2) is 0 Å². The fraction of sp³-hybridized carbons (Fsp3) is 0.737. The van der Waals surface area contributed by atoms with E-state index in [-0.39, 0.29) is 11.9 Å². The van der Waals surface area contributed by atoms with E-state index in [0.29, 0.717) is 17.9 Å². The molecule has 0 aromatic carbocycles. The molecule has 23 heavy (non-hydrogen) atoms. The summed E-state index contributed by atoms with van der Waals surface area (Å²) in [6.45, 7) is 6.71. The second kappa shape index (κ2) is 6.31. The lowest BCUT2D eigenvalue weighted by Gasteiger charge is -2.48. The topological polar surface area (TPSA) is 47.6 Å². The standard InChI is InChI=1S/C19H29NO3/c1-19(2,3)23-18(21)13-8-5-9-15-17(13)12-7-6-10-16(22-4)14(12)11-20-15/h6,10,12-13,15,17,20H,5,7-9,11H2,1-4H3. The largest absolute Gasteiger partial charge is 0.497 e. The highest BCUT2D eigenvalue weighted by Gasteiger charge is 2.47. The number of ether oxygens (including phenoxy) is 2. The van der Waals surface area contributed by atoms with Crippen LogP contribution in [-0.4, -0.2) is 31.3 Å². The van der Waals surface area contributed by atoms with E-state index in [0.717, 1.165) is 38.0 Å². The van der Waals surface area contributed by atoms with Gasteiger partial charge in [0.2, 0.25) is 0 Å². The molecule has 2 aliphatic carbocycles. The van der Waals surface area contributed by atoms with Crippen molar-refractivity contribution in [2.75, 3.05) is 13.7 Å². The highest BCUT2D eigenvalue weighted by molar-refractivity contribution is 5.73. The third-order valence-corrected chi connectivity index (χ3v) is 5.33. The van der Waals surface area contributed by atoms with Crippen LogP contribution in [0.1, 0.15) is 46.5 Å². The van der Waals surface area contributed by atoms with Gasteiger partial charge in [0, 0.05) is 12.6 Å². The Labute approximate surface area is 139 Å². The lowest BCUT2D eigenvalue weighted by atomic mass is 9.63. The molecule has 0 bridgehead atoms. The Kier molecular flexibility index (Phi) is 4.54. The second-order valence-corrected chi connectivity index (χ2v) is 7.97. The highest BCUT2D eigenvalue weighted by Crippen LogP contribution is 2.45. The molecule has 4 unspecified atom stereocenters. The Morgan fingerprint density at radius 2 is 2.09 bits per heavy atom. The minimum atomic E-state index is -0.422. The fourth-order valence-corrected chi connectivity index (χ4v) is 4.48. The Bertz CT molecular complexity index is 529. The molecular weight excluding hydrogens is 290 g/mol. The molecule has 3 rings (SSSR count). The molecule has 4 atom stereocenters. The summed E-state index contributed by atoms with van der Waals surface area (Å²) in [4.78, 5) is 12.8. The van der Waals surface area contributed by atoms with Crippen molar-refractivity contribution in [3.05, 3.63) is 23.5 Å². The van der Waals surface area contributed by atoms with Crippen LogP contribution < -0.4 is 5.32 Å². The monoisotopic (exact) mass is 319 g/mol. The molecule has 1 N–H and O–H groups in total. The van der Waals surface area contributed by atoms with Crippen LogP contribution in [-0.2, 0) is 14.3 Å². The van der Waals surface area contributed by atoms with E-state index in [2.05, 4.69) is 17.5 Å². The number of hydrogen-bond donors (Lipinski definition) is 1. The van der Waals surface area contributed by atoms with E-state index in [9.17, 15) is 4.79 Å². The van der Waals surface area contributed by atoms with Gasteiger partial charge in [0.25, 0.3) is 0 Å². The summed E-state index contributed by atoms with van der Waals surface area (Å²) < 4.78 is 11.3. The number of esters is 1. The van der Waals surface area contributed by atoms with Gasteiger partial charge in [0.15, 0.2) is 0 Å². The van der Waals surface area contributed by atoms with Gasteiger partial charge in [-0.1, -0.05) is 12.5 Å². The molecule has 2 fully saturated rings. The second-order valence-electron chi connectivity index (χ2n) is 7.97. The molecule has 0 aromatic rings. The van der Waals surface area contributed by atoms with Gasteiger partial charge in [-0.05, 0) is 63.5 Å². The first-order valence-corrected chi connectivity index (χ1v) is 8.80. The van der Waals surface area contributed by atoms with E-state index >= 15 is 0 Å². The average Bonchev–Trinajstić information content (AvgIpc) is 2.51. The van der Waals surface area contributed by atoms with Crippen LogP contribution in [0.15, 0.2) is 23.5 Å². The van der Waals surface area contributed by atoms with Crippen LogP contribution in [0.5, 0.6) is 0 Å². The number of nitrogens with one attached hydrogen (secondary N) is 1. The molecule has 1 saturated heterocycles. The summed E-state index contributed by atoms with van der Waals surface area (Å²) in [7, 11) is 1.73. The minimum absolute atomic E-state index is 0.00891. The Hall–Kier alpha value is -1.29. The van der Waals surface area contributed by atoms with Gasteiger partial charge >= 0.3 is 5.97 Å². The first-order valence-electron chi connectivity index (χ1n) is 8.80. The summed E-state index contributed by atoms with van der Waals surface area (Å²) >= 11 is 0. The highest BCUT2D eigenvalue weighted by atomic mass is 16.6. The molecule has 128 valence electrons. The van der Waals surface area contributed by atoms with Crippen LogP contribution in [0, 0.1) is 17.8 Å². The zero-order valence-electron chi connectivity index (χ0n) is 14.7. The van der Waals surface area contributed by atoms with Crippen molar-refractivity contribution in [3.63, 3.8) is 0 Å². The Morgan fingerprint density at radius 3 is 2.78 bits per heavy atom. The molecule has 3 aliphatic rings. The molecular formula is C19H29NO3. The van der Waals surface area contributed by atoms with Crippen molar-refractivity contribution in [3.8, 4) is 0 Å². The van der Waals surface area contributed by atoms with Crippen LogP contribution >= 0.6 is 0 Å². The molecule has 0 aromatic heterocycles. The lowest BCUT2D eigenvalue weighted by molar-refractivity contribution is -0.165. The summed E-state index contributed by atoms with van der Waals surface area (Å²) in [6.07, 6.45) is 8.45. The third-order valence-electron chi connectivity index (χ3n) is 5.33. The Balaban J connectivity index is 1.87. The van der Waals surface area contributed by atoms with E-state index < -0.39 is 5.60 Å². The van der Waals surface area contributed by atoms with Gasteiger partial charge < -0.3 is 14.8 Å². The molecule has 1 aliphatic heterocycles. The quantitative estimate of drug-likeness (QED) is 0.794. The van der Waals surface area contributed by atoms with Gasteiger partial charge in [0.1, 0.15) is 11.4 Å². The number of hydrogen-bond acceptors (Lipinski definition) is 4. The molecule has 1 saturated carbocycles. The number of carbonyl (C=O) groups excluding carboxylic acids is 1. The zero-order valence-corrected chi connectivity index (χ0v) is 14.7. The van der Waals surface area contributed by atoms with E-state index in [1.54, 1.807) is 7.11 Å². The molecule has 4 nitrogen and oxygen atoms in total. The predicted octanol–water partition coefficient (Wildman–Crippen LogP) is 3.19. The number of allylic oxidation sites excluding steroid dienone is 2. The molecule has 4 heteroatoms. The van der Waals surface area contributed by atoms with Crippen molar-refractivity contribution in [1.29, 1.82) is 0 Å². The first-order chi connectivity index (χ1) is 10.9. The number of piperidine rings is 1. The zero-order chi connectivity index (χ0) is 16.6. The minimum Gasteiger partial charge on any atom is -0.497 e. The van der Waals surface area contributed by atoms with Crippen molar-refractivity contribution >= 4 is 5.97 Å². The average molecular weight is 319 g/mol. The van der Waals surface area contributed by atoms with E-state index in [4.69, 9.17) is 9.47 Å². The van der Waals surface area contributed by atoms with Gasteiger partial charge in [-0.3, -0.25) is 4.79 Å². The normalized spacial score (nSPS) is 33.7. The van der Waals surface area contributed by atoms with Crippen molar-refractivity contribution in [2.24, 2.45) is 17.8 Å². The summed E-state index contributed by atoms with van der Waals surface area (Å²) in [5, 5.41) is 3.65. The fourth-order valence-electron chi connectivity index (χ4n) is 4.48. The molecule has 0 amide bonds. The summed E-state index contributed by atoms with van der Waals surface area (Å²) in [5.74, 6) is 1.66. The van der Waals surface area contributed by atoms with Crippen molar-refractivity contribution < 1.29 is 14.3 Å². The SMILES string of the molecule is COC1=C2CNC3CCCC(C(=O)OC(C)(C)C)C3C2CC=C1. The maximum Gasteiger partial charge on any atom is 0.309 e. The number of carbonyl (C=O) groups is 1. The third kappa shape index (κ3) is 3.32. The van der Waals surface area contributed by atoms with E-state index in [1.807, 2.05) is 20.8 Å². The molecule has 0 spiro atoms. The molecule has 1 heterocycles. The Morgan fingerprint density at radius 1 is 1.30 bits per heavy atom. The maximum absolute atomic E-state index is 12.8.